The summed E-state index contributed by atoms with van der Waals surface area (Å²) in [6, 6.07) is 0. The predicted molar refractivity (Wildman–Crippen MR) is 232 cm³/mol. The normalized spacial score (nSPS) is 14.2. The Bertz CT molecular complexity index is 1040. The van der Waals surface area contributed by atoms with Crippen molar-refractivity contribution in [1.82, 2.24) is 0 Å². The second-order valence-electron chi connectivity index (χ2n) is 16.1. The molecule has 56 heavy (non-hydrogen) atoms. The van der Waals surface area contributed by atoms with Gasteiger partial charge in [0.05, 0.1) is 34.4 Å². The number of aliphatic hydroxyl groups is 1. The Balaban J connectivity index is 4.31. The maximum atomic E-state index is 12.7. The summed E-state index contributed by atoms with van der Waals surface area (Å²) in [6.45, 7) is 3.34. The fourth-order valence-corrected chi connectivity index (χ4v) is 6.66. The summed E-state index contributed by atoms with van der Waals surface area (Å²) in [4.78, 5) is 25.0. The molecule has 0 heterocycles. The lowest BCUT2D eigenvalue weighted by molar-refractivity contribution is -0.870. The molecule has 10 heteroatoms. The summed E-state index contributed by atoms with van der Waals surface area (Å²) in [5.41, 5.74) is 0. The Morgan fingerprint density at radius 3 is 1.57 bits per heavy atom. The summed E-state index contributed by atoms with van der Waals surface area (Å²) < 4.78 is 34.5. The summed E-state index contributed by atoms with van der Waals surface area (Å²) >= 11 is 0. The lowest BCUT2D eigenvalue weighted by Crippen LogP contribution is -2.37. The van der Waals surface area contributed by atoms with Gasteiger partial charge in [0.2, 0.25) is 0 Å². The summed E-state index contributed by atoms with van der Waals surface area (Å²) in [6.07, 6.45) is 45.7. The van der Waals surface area contributed by atoms with Crippen LogP contribution in [0.1, 0.15) is 174 Å². The van der Waals surface area contributed by atoms with E-state index in [4.69, 9.17) is 23.6 Å². The molecule has 0 aliphatic rings. The fourth-order valence-electron chi connectivity index (χ4n) is 5.93. The Morgan fingerprint density at radius 1 is 0.607 bits per heavy atom. The summed E-state index contributed by atoms with van der Waals surface area (Å²) in [5.74, 6) is -0.395. The molecular weight excluding hydrogens is 725 g/mol. The highest BCUT2D eigenvalue weighted by molar-refractivity contribution is 7.45. The standard InChI is InChI=1S/C46H86NO8P/c1-5-6-7-8-9-10-11-12-13-19-22-25-28-31-34-37-41-52-43-45(44-54-56(50,51)53-42-39-47(2,3)4)55-46(49)38-35-32-29-26-23-20-17-15-14-16-18-21-24-27-30-33-36-40-48/h14,16-17,20-21,24,26,29,45,48H,5-13,15,18-19,22-23,25,27-28,30-44H2,1-4H3/b16-14-,20-17-,24-21-,29-26-. The lowest BCUT2D eigenvalue weighted by atomic mass is 10.0. The maximum absolute atomic E-state index is 12.7. The van der Waals surface area contributed by atoms with Gasteiger partial charge >= 0.3 is 5.97 Å². The molecule has 0 bridgehead atoms. The van der Waals surface area contributed by atoms with Crippen LogP contribution in [0, 0.1) is 0 Å². The molecule has 1 N–H and O–H groups in total. The van der Waals surface area contributed by atoms with Crippen molar-refractivity contribution >= 4 is 13.8 Å². The van der Waals surface area contributed by atoms with E-state index in [0.717, 1.165) is 64.2 Å². The van der Waals surface area contributed by atoms with Crippen LogP contribution in [0.25, 0.3) is 0 Å². The molecule has 0 aliphatic carbocycles. The van der Waals surface area contributed by atoms with E-state index in [2.05, 4.69) is 55.5 Å². The number of allylic oxidation sites excluding steroid dienone is 8. The van der Waals surface area contributed by atoms with Crippen LogP contribution < -0.4 is 4.89 Å². The molecule has 0 aliphatic heterocycles. The van der Waals surface area contributed by atoms with Gasteiger partial charge in [0.15, 0.2) is 0 Å². The first-order chi connectivity index (χ1) is 27.1. The first-order valence-corrected chi connectivity index (χ1v) is 23.9. The van der Waals surface area contributed by atoms with E-state index in [9.17, 15) is 14.3 Å². The minimum absolute atomic E-state index is 0.0108. The second-order valence-corrected chi connectivity index (χ2v) is 17.5. The lowest BCUT2D eigenvalue weighted by Gasteiger charge is -2.28. The van der Waals surface area contributed by atoms with Crippen LogP contribution in [-0.2, 0) is 27.9 Å². The molecule has 0 saturated carbocycles. The van der Waals surface area contributed by atoms with Crippen LogP contribution in [0.4, 0.5) is 0 Å². The molecule has 0 aromatic carbocycles. The van der Waals surface area contributed by atoms with Crippen LogP contribution in [0.2, 0.25) is 0 Å². The number of rotatable bonds is 42. The maximum Gasteiger partial charge on any atom is 0.306 e. The first kappa shape index (κ1) is 54.4. The van der Waals surface area contributed by atoms with Gasteiger partial charge in [-0.15, -0.1) is 0 Å². The van der Waals surface area contributed by atoms with Crippen LogP contribution in [0.15, 0.2) is 48.6 Å². The molecule has 0 rings (SSSR count). The number of quaternary nitrogens is 1. The smallest absolute Gasteiger partial charge is 0.306 e. The van der Waals surface area contributed by atoms with E-state index in [1.54, 1.807) is 0 Å². The van der Waals surface area contributed by atoms with Gasteiger partial charge in [0.25, 0.3) is 7.82 Å². The number of esters is 1. The zero-order chi connectivity index (χ0) is 41.3. The minimum Gasteiger partial charge on any atom is -0.756 e. The van der Waals surface area contributed by atoms with Gasteiger partial charge in [-0.3, -0.25) is 9.36 Å². The van der Waals surface area contributed by atoms with Gasteiger partial charge in [0.1, 0.15) is 19.3 Å². The van der Waals surface area contributed by atoms with Gasteiger partial charge in [-0.1, -0.05) is 158 Å². The van der Waals surface area contributed by atoms with Crippen molar-refractivity contribution in [3.63, 3.8) is 0 Å². The number of carbonyl (C=O) groups excluding carboxylic acids is 1. The number of aliphatic hydroxyl groups excluding tert-OH is 1. The molecular formula is C46H86NO8P. The number of phosphoric acid groups is 1. The molecule has 2 atom stereocenters. The summed E-state index contributed by atoms with van der Waals surface area (Å²) in [7, 11) is 1.30. The molecule has 9 nitrogen and oxygen atoms in total. The Labute approximate surface area is 344 Å². The highest BCUT2D eigenvalue weighted by Gasteiger charge is 2.20. The van der Waals surface area contributed by atoms with Crippen LogP contribution >= 0.6 is 7.82 Å². The number of nitrogens with zero attached hydrogens (tertiary/aromatic N) is 1. The first-order valence-electron chi connectivity index (χ1n) is 22.5. The van der Waals surface area contributed by atoms with Crippen molar-refractivity contribution in [2.45, 2.75) is 180 Å². The van der Waals surface area contributed by atoms with E-state index in [0.29, 0.717) is 24.1 Å². The van der Waals surface area contributed by atoms with Crippen LogP contribution in [-0.4, -0.2) is 82.4 Å². The van der Waals surface area contributed by atoms with E-state index < -0.39 is 19.9 Å². The molecule has 0 aromatic heterocycles. The van der Waals surface area contributed by atoms with E-state index in [-0.39, 0.29) is 32.8 Å². The highest BCUT2D eigenvalue weighted by Crippen LogP contribution is 2.38. The number of phosphoric ester groups is 1. The Morgan fingerprint density at radius 2 is 1.07 bits per heavy atom. The Kier molecular flexibility index (Phi) is 39.1. The Hall–Kier alpha value is -1.58. The van der Waals surface area contributed by atoms with Gasteiger partial charge in [0, 0.05) is 19.6 Å². The SMILES string of the molecule is CCCCCCCCCCCCCCCCCCOCC(COP(=O)([O-])OCC[N+](C)(C)C)OC(=O)CCC/C=C\C/C=C\C/C=C\C/C=C\CCCCCO. The third-order valence-corrected chi connectivity index (χ3v) is 10.4. The van der Waals surface area contributed by atoms with Crippen molar-refractivity contribution in [2.75, 3.05) is 60.7 Å². The van der Waals surface area contributed by atoms with Crippen LogP contribution in [0.5, 0.6) is 0 Å². The summed E-state index contributed by atoms with van der Waals surface area (Å²) in [5, 5.41) is 8.80. The molecule has 0 radical (unpaired) electrons. The van der Waals surface area contributed by atoms with E-state index in [1.807, 2.05) is 21.1 Å². The third kappa shape index (κ3) is 43.5. The average Bonchev–Trinajstić information content (AvgIpc) is 3.15. The number of hydrogen-bond donors (Lipinski definition) is 1. The van der Waals surface area contributed by atoms with Crippen molar-refractivity contribution in [3.8, 4) is 0 Å². The molecule has 0 amide bonds. The van der Waals surface area contributed by atoms with Gasteiger partial charge in [-0.05, 0) is 57.8 Å². The van der Waals surface area contributed by atoms with Crippen molar-refractivity contribution < 1.29 is 42.4 Å². The van der Waals surface area contributed by atoms with Gasteiger partial charge < -0.3 is 33.0 Å². The number of likely N-dealkylation sites (N-methyl/N-ethyl adjacent to an activating group) is 1. The third-order valence-electron chi connectivity index (χ3n) is 9.44. The van der Waals surface area contributed by atoms with Crippen molar-refractivity contribution in [3.05, 3.63) is 48.6 Å². The second kappa shape index (κ2) is 40.2. The van der Waals surface area contributed by atoms with Gasteiger partial charge in [-0.2, -0.15) is 0 Å². The van der Waals surface area contributed by atoms with Crippen molar-refractivity contribution in [1.29, 1.82) is 0 Å². The molecule has 0 saturated heterocycles. The zero-order valence-electron chi connectivity index (χ0n) is 36.5. The number of hydrogen-bond acceptors (Lipinski definition) is 8. The number of carbonyl (C=O) groups is 1. The molecule has 2 unspecified atom stereocenters. The molecule has 0 spiro atoms. The zero-order valence-corrected chi connectivity index (χ0v) is 37.4. The molecule has 0 fully saturated rings. The van der Waals surface area contributed by atoms with Gasteiger partial charge in [-0.25, -0.2) is 0 Å². The fraction of sp³-hybridized carbons (Fsp3) is 0.804. The number of unbranched alkanes of at least 4 members (excludes halogenated alkanes) is 19. The monoisotopic (exact) mass is 812 g/mol. The number of ether oxygens (including phenoxy) is 2. The van der Waals surface area contributed by atoms with E-state index >= 15 is 0 Å². The largest absolute Gasteiger partial charge is 0.756 e. The highest BCUT2D eigenvalue weighted by atomic mass is 31.2. The van der Waals surface area contributed by atoms with E-state index in [1.165, 1.54) is 89.9 Å². The molecule has 0 aromatic rings. The quantitative estimate of drug-likeness (QED) is 0.0213. The minimum atomic E-state index is -4.54. The predicted octanol–water partition coefficient (Wildman–Crippen LogP) is 11.5. The van der Waals surface area contributed by atoms with Crippen molar-refractivity contribution in [2.24, 2.45) is 0 Å². The average molecular weight is 812 g/mol. The molecule has 328 valence electrons. The van der Waals surface area contributed by atoms with Crippen LogP contribution in [0.3, 0.4) is 0 Å². The topological polar surface area (TPSA) is 114 Å².